The molecule has 3 rings (SSSR count). The van der Waals surface area contributed by atoms with Crippen LogP contribution in [0.15, 0.2) is 58.2 Å². The highest BCUT2D eigenvalue weighted by Crippen LogP contribution is 2.21. The second kappa shape index (κ2) is 9.67. The van der Waals surface area contributed by atoms with E-state index in [-0.39, 0.29) is 29.3 Å². The molecule has 3 aromatic rings. The number of hydrogen-bond acceptors (Lipinski definition) is 4. The maximum absolute atomic E-state index is 12.6. The molecule has 0 aliphatic rings. The van der Waals surface area contributed by atoms with Gasteiger partial charge >= 0.3 is 0 Å². The zero-order valence-corrected chi connectivity index (χ0v) is 19.7. The number of anilines is 1. The van der Waals surface area contributed by atoms with E-state index >= 15 is 0 Å². The first-order chi connectivity index (χ1) is 15.2. The molecule has 1 amide bonds. The minimum Gasteiger partial charge on any atom is -0.326 e. The van der Waals surface area contributed by atoms with Gasteiger partial charge in [0, 0.05) is 43.2 Å². The number of fused-ring (bicyclic) bond motifs is 1. The standard InChI is InChI=1S/C24H29N3O4S/c1-5-26(6-2)32(30,31)20-12-10-19(11-13-20)25-22(28)14-15-27-23(29)16-18(4)21-9-7-8-17(3)24(21)27/h7-13,16H,5-6,14-15H2,1-4H3,(H,25,28). The fourth-order valence-electron chi connectivity index (χ4n) is 3.87. The van der Waals surface area contributed by atoms with Crippen molar-refractivity contribution >= 4 is 32.5 Å². The summed E-state index contributed by atoms with van der Waals surface area (Å²) < 4.78 is 28.2. The Morgan fingerprint density at radius 1 is 1.00 bits per heavy atom. The zero-order chi connectivity index (χ0) is 23.5. The second-order valence-corrected chi connectivity index (χ2v) is 9.64. The molecule has 170 valence electrons. The molecule has 0 aliphatic carbocycles. The summed E-state index contributed by atoms with van der Waals surface area (Å²) in [6.45, 7) is 8.48. The van der Waals surface area contributed by atoms with Crippen LogP contribution in [-0.4, -0.2) is 36.3 Å². The molecule has 1 N–H and O–H groups in total. The Balaban J connectivity index is 1.73. The van der Waals surface area contributed by atoms with Gasteiger partial charge in [0.05, 0.1) is 10.4 Å². The van der Waals surface area contributed by atoms with Gasteiger partial charge in [0.15, 0.2) is 0 Å². The molecule has 0 saturated heterocycles. The summed E-state index contributed by atoms with van der Waals surface area (Å²) in [5.74, 6) is -0.251. The third-order valence-corrected chi connectivity index (χ3v) is 7.65. The fourth-order valence-corrected chi connectivity index (χ4v) is 5.33. The first-order valence-corrected chi connectivity index (χ1v) is 12.1. The smallest absolute Gasteiger partial charge is 0.251 e. The molecule has 2 aromatic carbocycles. The van der Waals surface area contributed by atoms with Gasteiger partial charge in [-0.25, -0.2) is 8.42 Å². The van der Waals surface area contributed by atoms with E-state index in [0.717, 1.165) is 22.0 Å². The van der Waals surface area contributed by atoms with Crippen LogP contribution < -0.4 is 10.9 Å². The number of aromatic nitrogens is 1. The number of nitrogens with zero attached hydrogens (tertiary/aromatic N) is 2. The summed E-state index contributed by atoms with van der Waals surface area (Å²) in [5.41, 5.74) is 3.10. The molecule has 0 spiro atoms. The first-order valence-electron chi connectivity index (χ1n) is 10.7. The number of aryl methyl sites for hydroxylation is 3. The van der Waals surface area contributed by atoms with E-state index in [2.05, 4.69) is 5.32 Å². The quantitative estimate of drug-likeness (QED) is 0.561. The van der Waals surface area contributed by atoms with Gasteiger partial charge in [-0.05, 0) is 49.2 Å². The Morgan fingerprint density at radius 2 is 1.66 bits per heavy atom. The number of carbonyl (C=O) groups excluding carboxylic acids is 1. The van der Waals surface area contributed by atoms with Gasteiger partial charge in [-0.2, -0.15) is 4.31 Å². The SMILES string of the molecule is CCN(CC)S(=O)(=O)c1ccc(NC(=O)CCn2c(=O)cc(C)c3cccc(C)c32)cc1. The van der Waals surface area contributed by atoms with E-state index < -0.39 is 10.0 Å². The molecule has 0 fully saturated rings. The van der Waals surface area contributed by atoms with Crippen LogP contribution in [0.4, 0.5) is 5.69 Å². The monoisotopic (exact) mass is 455 g/mol. The predicted molar refractivity (Wildman–Crippen MR) is 127 cm³/mol. The Morgan fingerprint density at radius 3 is 2.28 bits per heavy atom. The lowest BCUT2D eigenvalue weighted by Gasteiger charge is -2.18. The molecular formula is C24H29N3O4S. The largest absolute Gasteiger partial charge is 0.326 e. The molecule has 0 radical (unpaired) electrons. The Bertz CT molecular complexity index is 1290. The molecule has 1 aromatic heterocycles. The van der Waals surface area contributed by atoms with Crippen molar-refractivity contribution in [3.05, 3.63) is 70.0 Å². The maximum Gasteiger partial charge on any atom is 0.251 e. The molecule has 7 nitrogen and oxygen atoms in total. The van der Waals surface area contributed by atoms with Crippen LogP contribution in [0.1, 0.15) is 31.4 Å². The van der Waals surface area contributed by atoms with Crippen molar-refractivity contribution in [2.24, 2.45) is 0 Å². The summed E-state index contributed by atoms with van der Waals surface area (Å²) in [6.07, 6.45) is 0.117. The Hall–Kier alpha value is -2.97. The number of amides is 1. The number of rotatable bonds is 8. The van der Waals surface area contributed by atoms with Crippen LogP contribution >= 0.6 is 0 Å². The van der Waals surface area contributed by atoms with E-state index in [1.807, 2.05) is 32.0 Å². The summed E-state index contributed by atoms with van der Waals surface area (Å²) in [6, 6.07) is 13.6. The van der Waals surface area contributed by atoms with Crippen LogP contribution in [-0.2, 0) is 21.4 Å². The van der Waals surface area contributed by atoms with Crippen molar-refractivity contribution in [2.75, 3.05) is 18.4 Å². The number of hydrogen-bond donors (Lipinski definition) is 1. The van der Waals surface area contributed by atoms with Gasteiger partial charge in [-0.15, -0.1) is 0 Å². The van der Waals surface area contributed by atoms with Gasteiger partial charge in [0.1, 0.15) is 0 Å². The zero-order valence-electron chi connectivity index (χ0n) is 18.9. The van der Waals surface area contributed by atoms with Crippen molar-refractivity contribution in [1.29, 1.82) is 0 Å². The second-order valence-electron chi connectivity index (χ2n) is 7.70. The average Bonchev–Trinajstić information content (AvgIpc) is 2.75. The lowest BCUT2D eigenvalue weighted by atomic mass is 10.1. The van der Waals surface area contributed by atoms with Crippen molar-refractivity contribution in [3.63, 3.8) is 0 Å². The van der Waals surface area contributed by atoms with Gasteiger partial charge in [0.2, 0.25) is 15.9 Å². The molecule has 0 atom stereocenters. The lowest BCUT2D eigenvalue weighted by Crippen LogP contribution is -2.30. The number of benzene rings is 2. The Labute approximate surface area is 188 Å². The van der Waals surface area contributed by atoms with Crippen molar-refractivity contribution in [1.82, 2.24) is 8.87 Å². The Kier molecular flexibility index (Phi) is 7.16. The van der Waals surface area contributed by atoms with E-state index in [1.54, 1.807) is 36.6 Å². The first kappa shape index (κ1) is 23.7. The van der Waals surface area contributed by atoms with Gasteiger partial charge in [-0.1, -0.05) is 32.0 Å². The average molecular weight is 456 g/mol. The molecule has 8 heteroatoms. The lowest BCUT2D eigenvalue weighted by molar-refractivity contribution is -0.116. The molecule has 0 unspecified atom stereocenters. The van der Waals surface area contributed by atoms with E-state index in [0.29, 0.717) is 18.8 Å². The topological polar surface area (TPSA) is 88.5 Å². The third-order valence-electron chi connectivity index (χ3n) is 5.58. The third kappa shape index (κ3) is 4.76. The maximum atomic E-state index is 12.6. The van der Waals surface area contributed by atoms with E-state index in [4.69, 9.17) is 0 Å². The molecule has 0 saturated carbocycles. The highest BCUT2D eigenvalue weighted by atomic mass is 32.2. The van der Waals surface area contributed by atoms with Crippen LogP contribution in [0.25, 0.3) is 10.9 Å². The predicted octanol–water partition coefficient (Wildman–Crippen LogP) is 3.68. The van der Waals surface area contributed by atoms with E-state index in [1.165, 1.54) is 16.4 Å². The van der Waals surface area contributed by atoms with Crippen LogP contribution in [0.3, 0.4) is 0 Å². The number of sulfonamides is 1. The van der Waals surface area contributed by atoms with Crippen molar-refractivity contribution in [2.45, 2.75) is 45.6 Å². The van der Waals surface area contributed by atoms with Gasteiger partial charge < -0.3 is 9.88 Å². The summed E-state index contributed by atoms with van der Waals surface area (Å²) in [5, 5.41) is 3.77. The number of pyridine rings is 1. The minimum atomic E-state index is -3.54. The molecule has 32 heavy (non-hydrogen) atoms. The summed E-state index contributed by atoms with van der Waals surface area (Å²) >= 11 is 0. The number of nitrogens with one attached hydrogen (secondary N) is 1. The number of para-hydroxylation sites is 1. The summed E-state index contributed by atoms with van der Waals surface area (Å²) in [7, 11) is -3.54. The normalized spacial score (nSPS) is 11.8. The molecule has 0 aliphatic heterocycles. The van der Waals surface area contributed by atoms with Crippen LogP contribution in [0.2, 0.25) is 0 Å². The number of carbonyl (C=O) groups is 1. The molecule has 0 bridgehead atoms. The fraction of sp³-hybridized carbons (Fsp3) is 0.333. The van der Waals surface area contributed by atoms with Gasteiger partial charge in [-0.3, -0.25) is 9.59 Å². The van der Waals surface area contributed by atoms with E-state index in [9.17, 15) is 18.0 Å². The molecule has 1 heterocycles. The highest BCUT2D eigenvalue weighted by Gasteiger charge is 2.21. The van der Waals surface area contributed by atoms with Crippen LogP contribution in [0, 0.1) is 13.8 Å². The molecular weight excluding hydrogens is 426 g/mol. The van der Waals surface area contributed by atoms with Crippen molar-refractivity contribution in [3.8, 4) is 0 Å². The van der Waals surface area contributed by atoms with Crippen LogP contribution in [0.5, 0.6) is 0 Å². The van der Waals surface area contributed by atoms with Crippen molar-refractivity contribution < 1.29 is 13.2 Å². The highest BCUT2D eigenvalue weighted by molar-refractivity contribution is 7.89. The summed E-state index contributed by atoms with van der Waals surface area (Å²) in [4.78, 5) is 25.3. The minimum absolute atomic E-state index is 0.117. The van der Waals surface area contributed by atoms with Gasteiger partial charge in [0.25, 0.3) is 5.56 Å².